The molecule has 144 valence electrons. The molecule has 0 saturated heterocycles. The Morgan fingerprint density at radius 3 is 2.58 bits per heavy atom. The lowest BCUT2D eigenvalue weighted by Gasteiger charge is -2.29. The van der Waals surface area contributed by atoms with Crippen LogP contribution in [0.2, 0.25) is 0 Å². The molecule has 0 radical (unpaired) electrons. The van der Waals surface area contributed by atoms with Gasteiger partial charge < -0.3 is 15.4 Å². The standard InChI is InChI=1S/C19H28FN3O2S/c1-3-25-18(24)14-4-8-16(9-5-14)23-19(21-2)22-12-13-26-17-10-6-15(20)7-11-17/h6-7,10-11,14,16H,3-5,8-9,12-13H2,1-2H3,(H2,21,22,23). The fourth-order valence-electron chi connectivity index (χ4n) is 2.99. The molecule has 0 aromatic heterocycles. The Hall–Kier alpha value is -1.76. The third-order valence-electron chi connectivity index (χ3n) is 4.39. The highest BCUT2D eigenvalue weighted by Gasteiger charge is 2.27. The van der Waals surface area contributed by atoms with E-state index in [4.69, 9.17) is 4.74 Å². The number of carbonyl (C=O) groups excluding carboxylic acids is 1. The molecule has 1 aromatic rings. The van der Waals surface area contributed by atoms with Crippen molar-refractivity contribution in [2.24, 2.45) is 10.9 Å². The maximum absolute atomic E-state index is 12.9. The van der Waals surface area contributed by atoms with Gasteiger partial charge in [-0.3, -0.25) is 9.79 Å². The molecule has 0 unspecified atom stereocenters. The molecule has 0 heterocycles. The Morgan fingerprint density at radius 1 is 1.27 bits per heavy atom. The summed E-state index contributed by atoms with van der Waals surface area (Å²) in [6, 6.07) is 6.85. The third-order valence-corrected chi connectivity index (χ3v) is 5.40. The van der Waals surface area contributed by atoms with Crippen LogP contribution in [-0.2, 0) is 9.53 Å². The zero-order valence-corrected chi connectivity index (χ0v) is 16.3. The highest BCUT2D eigenvalue weighted by molar-refractivity contribution is 7.99. The largest absolute Gasteiger partial charge is 0.466 e. The maximum Gasteiger partial charge on any atom is 0.308 e. The average Bonchev–Trinajstić information content (AvgIpc) is 2.66. The molecule has 0 atom stereocenters. The number of nitrogens with one attached hydrogen (secondary N) is 2. The van der Waals surface area contributed by atoms with Crippen LogP contribution in [-0.4, -0.2) is 43.9 Å². The summed E-state index contributed by atoms with van der Waals surface area (Å²) in [5.41, 5.74) is 0. The summed E-state index contributed by atoms with van der Waals surface area (Å²) >= 11 is 1.67. The van der Waals surface area contributed by atoms with Crippen LogP contribution in [0.4, 0.5) is 4.39 Å². The molecule has 0 aliphatic heterocycles. The van der Waals surface area contributed by atoms with Crippen LogP contribution >= 0.6 is 11.8 Å². The first-order valence-corrected chi connectivity index (χ1v) is 10.1. The van der Waals surface area contributed by atoms with Crippen molar-refractivity contribution < 1.29 is 13.9 Å². The Balaban J connectivity index is 1.65. The predicted molar refractivity (Wildman–Crippen MR) is 104 cm³/mol. The number of rotatable bonds is 7. The van der Waals surface area contributed by atoms with Gasteiger partial charge in [-0.2, -0.15) is 0 Å². The highest BCUT2D eigenvalue weighted by Crippen LogP contribution is 2.25. The SMILES string of the molecule is CCOC(=O)C1CCC(NC(=NC)NCCSc2ccc(F)cc2)CC1. The molecular weight excluding hydrogens is 353 g/mol. The first-order valence-electron chi connectivity index (χ1n) is 9.14. The molecule has 1 aliphatic carbocycles. The second-order valence-corrected chi connectivity index (χ2v) is 7.41. The maximum atomic E-state index is 12.9. The van der Waals surface area contributed by atoms with E-state index in [0.29, 0.717) is 12.6 Å². The van der Waals surface area contributed by atoms with Crippen LogP contribution in [0.15, 0.2) is 34.2 Å². The Morgan fingerprint density at radius 2 is 1.96 bits per heavy atom. The van der Waals surface area contributed by atoms with Gasteiger partial charge in [0.2, 0.25) is 0 Å². The van der Waals surface area contributed by atoms with Gasteiger partial charge in [0.1, 0.15) is 5.82 Å². The van der Waals surface area contributed by atoms with Crippen molar-refractivity contribution in [3.63, 3.8) is 0 Å². The minimum atomic E-state index is -0.213. The second kappa shape index (κ2) is 11.1. The molecule has 0 bridgehead atoms. The Labute approximate surface area is 159 Å². The fraction of sp³-hybridized carbons (Fsp3) is 0.579. The summed E-state index contributed by atoms with van der Waals surface area (Å²) in [6.07, 6.45) is 3.59. The van der Waals surface area contributed by atoms with E-state index in [9.17, 15) is 9.18 Å². The van der Waals surface area contributed by atoms with E-state index in [1.807, 2.05) is 6.92 Å². The van der Waals surface area contributed by atoms with Crippen molar-refractivity contribution in [3.05, 3.63) is 30.1 Å². The quantitative estimate of drug-likeness (QED) is 0.250. The van der Waals surface area contributed by atoms with E-state index < -0.39 is 0 Å². The molecule has 1 saturated carbocycles. The Bertz CT molecular complexity index is 587. The van der Waals surface area contributed by atoms with Crippen LogP contribution in [0.25, 0.3) is 0 Å². The molecule has 5 nitrogen and oxygen atoms in total. The lowest BCUT2D eigenvalue weighted by molar-refractivity contribution is -0.149. The van der Waals surface area contributed by atoms with Gasteiger partial charge >= 0.3 is 5.97 Å². The third kappa shape index (κ3) is 6.86. The smallest absolute Gasteiger partial charge is 0.308 e. The van der Waals surface area contributed by atoms with Crippen molar-refractivity contribution in [1.29, 1.82) is 0 Å². The van der Waals surface area contributed by atoms with E-state index in [1.54, 1.807) is 30.9 Å². The van der Waals surface area contributed by atoms with Crippen LogP contribution < -0.4 is 10.6 Å². The average molecular weight is 382 g/mol. The van der Waals surface area contributed by atoms with Crippen molar-refractivity contribution in [1.82, 2.24) is 10.6 Å². The number of halogens is 1. The van der Waals surface area contributed by atoms with Crippen molar-refractivity contribution in [2.75, 3.05) is 26.0 Å². The number of benzene rings is 1. The van der Waals surface area contributed by atoms with E-state index in [-0.39, 0.29) is 17.7 Å². The number of aliphatic imine (C=N–C) groups is 1. The minimum Gasteiger partial charge on any atom is -0.466 e. The van der Waals surface area contributed by atoms with Gasteiger partial charge in [-0.25, -0.2) is 4.39 Å². The molecule has 1 fully saturated rings. The van der Waals surface area contributed by atoms with Crippen LogP contribution in [0, 0.1) is 11.7 Å². The summed E-state index contributed by atoms with van der Waals surface area (Å²) in [7, 11) is 1.76. The minimum absolute atomic E-state index is 0.0371. The Kier molecular flexibility index (Phi) is 8.74. The van der Waals surface area contributed by atoms with Crippen LogP contribution in [0.3, 0.4) is 0 Å². The zero-order valence-electron chi connectivity index (χ0n) is 15.5. The first kappa shape index (κ1) is 20.6. The second-order valence-electron chi connectivity index (χ2n) is 6.25. The summed E-state index contributed by atoms with van der Waals surface area (Å²) in [5.74, 6) is 1.41. The van der Waals surface area contributed by atoms with Crippen molar-refractivity contribution >= 4 is 23.7 Å². The molecule has 2 N–H and O–H groups in total. The van der Waals surface area contributed by atoms with Crippen molar-refractivity contribution in [2.45, 2.75) is 43.5 Å². The number of carbonyl (C=O) groups is 1. The van der Waals surface area contributed by atoms with Gasteiger partial charge in [0.15, 0.2) is 5.96 Å². The molecule has 1 aromatic carbocycles. The van der Waals surface area contributed by atoms with E-state index in [1.165, 1.54) is 12.1 Å². The van der Waals surface area contributed by atoms with Gasteiger partial charge in [0, 0.05) is 30.3 Å². The number of nitrogens with zero attached hydrogens (tertiary/aromatic N) is 1. The highest BCUT2D eigenvalue weighted by atomic mass is 32.2. The number of esters is 1. The van der Waals surface area contributed by atoms with Gasteiger partial charge in [-0.05, 0) is 56.9 Å². The lowest BCUT2D eigenvalue weighted by atomic mass is 9.86. The normalized spacial score (nSPS) is 20.5. The summed E-state index contributed by atoms with van der Waals surface area (Å²) in [5, 5.41) is 6.74. The van der Waals surface area contributed by atoms with E-state index in [2.05, 4.69) is 15.6 Å². The first-order chi connectivity index (χ1) is 12.6. The van der Waals surface area contributed by atoms with Crippen LogP contribution in [0.1, 0.15) is 32.6 Å². The number of ether oxygens (including phenoxy) is 1. The van der Waals surface area contributed by atoms with E-state index in [0.717, 1.165) is 48.8 Å². The number of hydrogen-bond acceptors (Lipinski definition) is 4. The molecule has 26 heavy (non-hydrogen) atoms. The lowest BCUT2D eigenvalue weighted by Crippen LogP contribution is -2.45. The van der Waals surface area contributed by atoms with Gasteiger partial charge in [0.25, 0.3) is 0 Å². The molecule has 7 heteroatoms. The monoisotopic (exact) mass is 381 g/mol. The molecule has 0 amide bonds. The van der Waals surface area contributed by atoms with Gasteiger partial charge in [0.05, 0.1) is 12.5 Å². The van der Waals surface area contributed by atoms with Crippen molar-refractivity contribution in [3.8, 4) is 0 Å². The van der Waals surface area contributed by atoms with Gasteiger partial charge in [-0.1, -0.05) is 0 Å². The zero-order chi connectivity index (χ0) is 18.8. The van der Waals surface area contributed by atoms with Gasteiger partial charge in [-0.15, -0.1) is 11.8 Å². The molecule has 1 aliphatic rings. The number of hydrogen-bond donors (Lipinski definition) is 2. The van der Waals surface area contributed by atoms with E-state index >= 15 is 0 Å². The molecular formula is C19H28FN3O2S. The number of thioether (sulfide) groups is 1. The summed E-state index contributed by atoms with van der Waals surface area (Å²) < 4.78 is 18.0. The van der Waals surface area contributed by atoms with Crippen LogP contribution in [0.5, 0.6) is 0 Å². The fourth-order valence-corrected chi connectivity index (χ4v) is 3.76. The summed E-state index contributed by atoms with van der Waals surface area (Å²) in [6.45, 7) is 3.05. The molecule has 2 rings (SSSR count). The predicted octanol–water partition coefficient (Wildman–Crippen LogP) is 3.20. The summed E-state index contributed by atoms with van der Waals surface area (Å²) in [4.78, 5) is 17.1. The number of guanidine groups is 1. The molecule has 0 spiro atoms. The topological polar surface area (TPSA) is 62.7 Å².